The van der Waals surface area contributed by atoms with Crippen molar-refractivity contribution in [2.75, 3.05) is 31.1 Å². The lowest BCUT2D eigenvalue weighted by molar-refractivity contribution is 0.659. The van der Waals surface area contributed by atoms with Crippen molar-refractivity contribution in [2.45, 2.75) is 31.6 Å². The van der Waals surface area contributed by atoms with Crippen LogP contribution >= 0.6 is 0 Å². The molecule has 0 amide bonds. The molecule has 0 aromatic carbocycles. The molecular weight excluding hydrogens is 226 g/mol. The molecular formula is C13H21N5. The Kier molecular flexibility index (Phi) is 2.53. The highest BCUT2D eigenvalue weighted by Crippen LogP contribution is 2.62. The summed E-state index contributed by atoms with van der Waals surface area (Å²) in [4.78, 5) is 7.06. The van der Waals surface area contributed by atoms with Gasteiger partial charge in [0.25, 0.3) is 0 Å². The van der Waals surface area contributed by atoms with E-state index in [4.69, 9.17) is 4.98 Å². The molecule has 4 rings (SSSR count). The highest BCUT2D eigenvalue weighted by molar-refractivity contribution is 5.31. The van der Waals surface area contributed by atoms with E-state index in [0.717, 1.165) is 49.8 Å². The highest BCUT2D eigenvalue weighted by Gasteiger charge is 2.54. The number of anilines is 1. The summed E-state index contributed by atoms with van der Waals surface area (Å²) >= 11 is 0. The molecule has 2 atom stereocenters. The van der Waals surface area contributed by atoms with Gasteiger partial charge in [-0.25, -0.2) is 0 Å². The summed E-state index contributed by atoms with van der Waals surface area (Å²) in [6.07, 6.45) is 5.40. The van der Waals surface area contributed by atoms with Gasteiger partial charge in [0.2, 0.25) is 5.95 Å². The minimum atomic E-state index is 0.699. The number of aromatic nitrogens is 3. The zero-order valence-corrected chi connectivity index (χ0v) is 10.7. The average molecular weight is 247 g/mol. The second-order valence-corrected chi connectivity index (χ2v) is 5.90. The van der Waals surface area contributed by atoms with Gasteiger partial charge in [0, 0.05) is 25.6 Å². The number of aromatic amines is 1. The first-order chi connectivity index (χ1) is 8.93. The molecule has 2 heterocycles. The van der Waals surface area contributed by atoms with Gasteiger partial charge in [-0.3, -0.25) is 5.10 Å². The lowest BCUT2D eigenvalue weighted by atomic mass is 10.1. The van der Waals surface area contributed by atoms with Crippen LogP contribution < -0.4 is 10.2 Å². The van der Waals surface area contributed by atoms with Crippen LogP contribution in [-0.4, -0.2) is 41.4 Å². The zero-order chi connectivity index (χ0) is 11.9. The van der Waals surface area contributed by atoms with Gasteiger partial charge in [0.15, 0.2) is 0 Å². The maximum absolute atomic E-state index is 4.75. The van der Waals surface area contributed by atoms with Crippen LogP contribution in [0.5, 0.6) is 0 Å². The topological polar surface area (TPSA) is 56.8 Å². The fourth-order valence-corrected chi connectivity index (χ4v) is 3.83. The molecule has 2 N–H and O–H groups in total. The van der Waals surface area contributed by atoms with Crippen molar-refractivity contribution in [3.63, 3.8) is 0 Å². The minimum Gasteiger partial charge on any atom is -0.338 e. The molecule has 18 heavy (non-hydrogen) atoms. The van der Waals surface area contributed by atoms with E-state index in [0.29, 0.717) is 5.92 Å². The predicted octanol–water partition coefficient (Wildman–Crippen LogP) is 1.12. The molecule has 98 valence electrons. The number of fused-ring (bicyclic) bond motifs is 1. The Hall–Kier alpha value is -1.10. The summed E-state index contributed by atoms with van der Waals surface area (Å²) in [7, 11) is 0. The monoisotopic (exact) mass is 247 g/mol. The lowest BCUT2D eigenvalue weighted by Gasteiger charge is -2.16. The van der Waals surface area contributed by atoms with Gasteiger partial charge in [-0.1, -0.05) is 6.42 Å². The van der Waals surface area contributed by atoms with E-state index in [-0.39, 0.29) is 0 Å². The van der Waals surface area contributed by atoms with Gasteiger partial charge in [-0.05, 0) is 37.6 Å². The number of H-pyrrole nitrogens is 1. The van der Waals surface area contributed by atoms with Crippen molar-refractivity contribution in [3.8, 4) is 0 Å². The molecule has 5 heteroatoms. The Morgan fingerprint density at radius 3 is 2.83 bits per heavy atom. The Balaban J connectivity index is 1.48. The fraction of sp³-hybridized carbons (Fsp3) is 0.846. The van der Waals surface area contributed by atoms with Gasteiger partial charge < -0.3 is 10.2 Å². The third kappa shape index (κ3) is 1.72. The molecule has 5 nitrogen and oxygen atoms in total. The van der Waals surface area contributed by atoms with E-state index in [1.165, 1.54) is 25.7 Å². The van der Waals surface area contributed by atoms with Crippen LogP contribution in [0.3, 0.4) is 0 Å². The van der Waals surface area contributed by atoms with E-state index >= 15 is 0 Å². The van der Waals surface area contributed by atoms with E-state index in [2.05, 4.69) is 20.4 Å². The van der Waals surface area contributed by atoms with Crippen molar-refractivity contribution in [2.24, 2.45) is 11.8 Å². The second-order valence-electron chi connectivity index (χ2n) is 5.90. The zero-order valence-electron chi connectivity index (χ0n) is 10.7. The van der Waals surface area contributed by atoms with Crippen molar-refractivity contribution in [1.29, 1.82) is 0 Å². The molecule has 1 aliphatic heterocycles. The summed E-state index contributed by atoms with van der Waals surface area (Å²) in [6, 6.07) is 0. The highest BCUT2D eigenvalue weighted by atomic mass is 15.4. The quantitative estimate of drug-likeness (QED) is 0.822. The Morgan fingerprint density at radius 1 is 1.06 bits per heavy atom. The van der Waals surface area contributed by atoms with Crippen LogP contribution in [0.25, 0.3) is 0 Å². The fourth-order valence-electron chi connectivity index (χ4n) is 3.83. The van der Waals surface area contributed by atoms with Gasteiger partial charge in [0.1, 0.15) is 5.82 Å². The molecule has 1 saturated heterocycles. The van der Waals surface area contributed by atoms with Crippen LogP contribution in [0.4, 0.5) is 5.95 Å². The van der Waals surface area contributed by atoms with Crippen LogP contribution in [-0.2, 0) is 0 Å². The first kappa shape index (κ1) is 10.8. The largest absolute Gasteiger partial charge is 0.338 e. The standard InChI is InChI=1S/C13H21N5/c1-3-9-10(4-1)11(9)12-15-13(17-16-12)18-7-2-5-14-6-8-18/h9-11,14H,1-8H2,(H,15,16,17). The van der Waals surface area contributed by atoms with E-state index in [9.17, 15) is 0 Å². The molecule has 0 bridgehead atoms. The molecule has 3 fully saturated rings. The number of nitrogens with one attached hydrogen (secondary N) is 2. The third-order valence-electron chi connectivity index (χ3n) is 4.84. The van der Waals surface area contributed by atoms with Gasteiger partial charge in [-0.2, -0.15) is 4.98 Å². The maximum atomic E-state index is 4.75. The van der Waals surface area contributed by atoms with Crippen LogP contribution in [0, 0.1) is 11.8 Å². The maximum Gasteiger partial charge on any atom is 0.244 e. The Morgan fingerprint density at radius 2 is 1.94 bits per heavy atom. The molecule has 2 saturated carbocycles. The predicted molar refractivity (Wildman–Crippen MR) is 69.7 cm³/mol. The van der Waals surface area contributed by atoms with Crippen molar-refractivity contribution < 1.29 is 0 Å². The summed E-state index contributed by atoms with van der Waals surface area (Å²) in [5.74, 6) is 4.59. The summed E-state index contributed by atoms with van der Waals surface area (Å²) in [6.45, 7) is 4.25. The van der Waals surface area contributed by atoms with E-state index < -0.39 is 0 Å². The SMILES string of the molecule is C1CC2C(C1)C2c1nc(N2CCCNCC2)n[nH]1. The van der Waals surface area contributed by atoms with E-state index in [1.54, 1.807) is 0 Å². The number of rotatable bonds is 2. The van der Waals surface area contributed by atoms with Crippen molar-refractivity contribution in [3.05, 3.63) is 5.82 Å². The van der Waals surface area contributed by atoms with Crippen LogP contribution in [0.1, 0.15) is 37.4 Å². The lowest BCUT2D eigenvalue weighted by Crippen LogP contribution is -2.28. The van der Waals surface area contributed by atoms with Crippen molar-refractivity contribution >= 4 is 5.95 Å². The summed E-state index contributed by atoms with van der Waals surface area (Å²) in [5.41, 5.74) is 0. The first-order valence-corrected chi connectivity index (χ1v) is 7.31. The summed E-state index contributed by atoms with van der Waals surface area (Å²) < 4.78 is 0. The molecule has 3 aliphatic rings. The van der Waals surface area contributed by atoms with Crippen LogP contribution in [0.15, 0.2) is 0 Å². The van der Waals surface area contributed by atoms with Crippen molar-refractivity contribution in [1.82, 2.24) is 20.5 Å². The van der Waals surface area contributed by atoms with Gasteiger partial charge in [0.05, 0.1) is 0 Å². The average Bonchev–Trinajstić information content (AvgIpc) is 2.72. The Bertz CT molecular complexity index is 411. The Labute approximate surface area is 107 Å². The smallest absolute Gasteiger partial charge is 0.244 e. The molecule has 0 spiro atoms. The molecule has 2 unspecified atom stereocenters. The number of hydrogen-bond donors (Lipinski definition) is 2. The van der Waals surface area contributed by atoms with Gasteiger partial charge >= 0.3 is 0 Å². The molecule has 0 radical (unpaired) electrons. The third-order valence-corrected chi connectivity index (χ3v) is 4.84. The second kappa shape index (κ2) is 4.23. The minimum absolute atomic E-state index is 0.699. The number of nitrogens with zero attached hydrogens (tertiary/aromatic N) is 3. The normalized spacial score (nSPS) is 35.3. The van der Waals surface area contributed by atoms with E-state index in [1.807, 2.05) is 0 Å². The molecule has 1 aromatic heterocycles. The number of hydrogen-bond acceptors (Lipinski definition) is 4. The van der Waals surface area contributed by atoms with Crippen LogP contribution in [0.2, 0.25) is 0 Å². The summed E-state index contributed by atoms with van der Waals surface area (Å²) in [5, 5.41) is 11.0. The van der Waals surface area contributed by atoms with Gasteiger partial charge in [-0.15, -0.1) is 5.10 Å². The molecule has 1 aromatic rings. The molecule has 2 aliphatic carbocycles. The first-order valence-electron chi connectivity index (χ1n) is 7.31.